The summed E-state index contributed by atoms with van der Waals surface area (Å²) in [5, 5.41) is 14.5. The lowest BCUT2D eigenvalue weighted by molar-refractivity contribution is 0.633. The molecular weight excluding hydrogens is 1570 g/mol. The van der Waals surface area contributed by atoms with Gasteiger partial charge in [0.25, 0.3) is 0 Å². The smallest absolute Gasteiger partial charge is 0.0645 e. The van der Waals surface area contributed by atoms with Crippen LogP contribution in [0.2, 0.25) is 0 Å². The van der Waals surface area contributed by atoms with Crippen molar-refractivity contribution in [1.82, 2.24) is 14.1 Å². The monoisotopic (exact) mass is 1660 g/mol. The van der Waals surface area contributed by atoms with Crippen molar-refractivity contribution in [1.29, 1.82) is 0 Å². The molecule has 0 radical (unpaired) electrons. The predicted molar refractivity (Wildman–Crippen MR) is 546 cm³/mol. The molecule has 19 aromatic carbocycles. The molecule has 0 saturated heterocycles. The zero-order chi connectivity index (χ0) is 86.9. The highest BCUT2D eigenvalue weighted by atomic mass is 15.2. The number of fused-ring (bicyclic) bond motifs is 14. The molecule has 0 saturated carbocycles. The van der Waals surface area contributed by atoms with Gasteiger partial charge in [0.15, 0.2) is 0 Å². The maximum atomic E-state index is 4.57. The van der Waals surface area contributed by atoms with Gasteiger partial charge in [-0.05, 0) is 277 Å². The van der Waals surface area contributed by atoms with E-state index in [0.29, 0.717) is 0 Å². The highest BCUT2D eigenvalue weighted by molar-refractivity contribution is 6.24. The first-order valence-electron chi connectivity index (χ1n) is 44.8. The first-order chi connectivity index (χ1) is 63.1. The lowest BCUT2D eigenvalue weighted by Gasteiger charge is -2.43. The third-order valence-corrected chi connectivity index (χ3v) is 27.0. The van der Waals surface area contributed by atoms with Crippen LogP contribution < -0.4 is 24.5 Å². The summed E-state index contributed by atoms with van der Waals surface area (Å²) in [5.41, 5.74) is 33.7. The number of anilines is 15. The Kier molecular flexibility index (Phi) is 18.7. The van der Waals surface area contributed by atoms with Gasteiger partial charge in [0.2, 0.25) is 0 Å². The van der Waals surface area contributed by atoms with E-state index >= 15 is 0 Å². The Labute approximate surface area is 752 Å². The first-order valence-corrected chi connectivity index (χ1v) is 44.8. The summed E-state index contributed by atoms with van der Waals surface area (Å²) in [6.07, 6.45) is 3.82. The van der Waals surface area contributed by atoms with Crippen LogP contribution in [0.3, 0.4) is 0 Å². The van der Waals surface area contributed by atoms with Gasteiger partial charge in [-0.15, -0.1) is 0 Å². The second kappa shape index (κ2) is 31.0. The summed E-state index contributed by atoms with van der Waals surface area (Å²) in [6, 6.07) is 152. The second-order valence-corrected chi connectivity index (χ2v) is 35.9. The maximum absolute atomic E-state index is 4.57. The van der Waals surface area contributed by atoms with Crippen LogP contribution in [-0.4, -0.2) is 14.1 Å². The molecule has 0 amide bonds. The number of para-hydroxylation sites is 6. The minimum absolute atomic E-state index is 0.254. The van der Waals surface area contributed by atoms with E-state index in [2.05, 4.69) is 500 Å². The first kappa shape index (κ1) is 77.7. The average molecular weight is 1660 g/mol. The summed E-state index contributed by atoms with van der Waals surface area (Å²) in [6.45, 7) is 18.2. The number of benzene rings is 19. The molecule has 0 fully saturated rings. The van der Waals surface area contributed by atoms with Crippen molar-refractivity contribution < 1.29 is 0 Å². The van der Waals surface area contributed by atoms with E-state index in [1.54, 1.807) is 0 Å². The van der Waals surface area contributed by atoms with Crippen molar-refractivity contribution in [3.8, 4) is 11.4 Å². The molecule has 0 unspecified atom stereocenters. The fraction of sp³-hybridized carbons (Fsp3) is 0.0826. The van der Waals surface area contributed by atoms with Gasteiger partial charge >= 0.3 is 0 Å². The molecule has 0 N–H and O–H groups in total. The fourth-order valence-corrected chi connectivity index (χ4v) is 20.8. The molecule has 8 nitrogen and oxygen atoms in total. The van der Waals surface area contributed by atoms with Crippen LogP contribution in [-0.2, 0) is 10.8 Å². The number of rotatable bonds is 13. The van der Waals surface area contributed by atoms with Gasteiger partial charge in [-0.3, -0.25) is 4.98 Å². The van der Waals surface area contributed by atoms with E-state index in [9.17, 15) is 0 Å². The van der Waals surface area contributed by atoms with Gasteiger partial charge in [-0.1, -0.05) is 257 Å². The highest BCUT2D eigenvalue weighted by Crippen LogP contribution is 2.60. The third kappa shape index (κ3) is 13.1. The number of aromatic nitrogens is 3. The number of nitrogens with zero attached hydrogens (tertiary/aromatic N) is 8. The van der Waals surface area contributed by atoms with Crippen LogP contribution in [0.5, 0.6) is 0 Å². The SMILES string of the molecule is Cc1ccc(N(c2ccc(C)cc2)c2ccc3cc4cc(N5c6ccccc6C(C)(C)c6cc7c8ccccc8n(-c8ccc(N(c9ccccc9)c9ccccc9)cc8)c7cc65)ccc4cc3c2)cc1.Cc1cccc(N(c2cccc(C)c2)c2c3ccccc3c(N3c4ccccc4C(C)(C)c4cc5c6ccccc6n(-c6cccnc6)c5cc43)c3ccccc23)c1. The van der Waals surface area contributed by atoms with Crippen LogP contribution in [0.25, 0.3) is 98.1 Å². The number of pyridine rings is 1. The third-order valence-electron chi connectivity index (χ3n) is 27.0. The van der Waals surface area contributed by atoms with Crippen LogP contribution in [0.4, 0.5) is 85.3 Å². The van der Waals surface area contributed by atoms with Crippen LogP contribution >= 0.6 is 0 Å². The van der Waals surface area contributed by atoms with Gasteiger partial charge in [0.1, 0.15) is 0 Å². The van der Waals surface area contributed by atoms with Gasteiger partial charge < -0.3 is 33.6 Å². The normalized spacial score (nSPS) is 13.1. The largest absolute Gasteiger partial charge is 0.311 e. The molecule has 0 atom stereocenters. The Morgan fingerprint density at radius 3 is 1.13 bits per heavy atom. The maximum Gasteiger partial charge on any atom is 0.0645 e. The van der Waals surface area contributed by atoms with E-state index < -0.39 is 0 Å². The molecule has 129 heavy (non-hydrogen) atoms. The quantitative estimate of drug-likeness (QED) is 0.107. The summed E-state index contributed by atoms with van der Waals surface area (Å²) in [7, 11) is 0. The molecule has 0 bridgehead atoms. The van der Waals surface area contributed by atoms with E-state index in [-0.39, 0.29) is 10.8 Å². The number of aryl methyl sites for hydroxylation is 4. The topological polar surface area (TPSA) is 39.0 Å². The highest BCUT2D eigenvalue weighted by Gasteiger charge is 2.41. The molecule has 0 spiro atoms. The molecule has 3 aromatic heterocycles. The van der Waals surface area contributed by atoms with Crippen molar-refractivity contribution in [2.75, 3.05) is 24.5 Å². The molecule has 618 valence electrons. The molecule has 2 aliphatic rings. The zero-order valence-electron chi connectivity index (χ0n) is 73.5. The standard InChI is InChI=1S/C67H52N4.C54H42N4/c1-45-23-29-53(30-24-45)69(54-31-25-46(2)26-32-54)57-33-27-47-40-50-42-58(34-28-48(50)39-49(47)41-57)71-64-22-14-12-20-61(64)67(3,4)62-43-60-59-19-11-13-21-63(59)70(65(60)44-66(62)71)56-37-35-55(36-38-56)68(51-15-7-5-8-16-51)52-17-9-6-10-18-52;1-35-16-13-18-37(30-35)56(38-19-14-17-36(2)31-38)52-41-22-5-7-24-43(41)53(44-25-8-6-23-42(44)52)58-49-28-12-10-26-46(49)54(3,4)47-32-45-40-21-9-11-27-48(40)57(50(45)33-51(47)58)39-20-15-29-55-34-39/h5-44H,1-4H3;5-34H,1-4H3. The fourth-order valence-electron chi connectivity index (χ4n) is 20.8. The summed E-state index contributed by atoms with van der Waals surface area (Å²) >= 11 is 0. The van der Waals surface area contributed by atoms with Crippen LogP contribution in [0.1, 0.15) is 72.2 Å². The van der Waals surface area contributed by atoms with E-state index in [4.69, 9.17) is 0 Å². The zero-order valence-corrected chi connectivity index (χ0v) is 73.5. The summed E-state index contributed by atoms with van der Waals surface area (Å²) < 4.78 is 4.83. The van der Waals surface area contributed by atoms with Crippen molar-refractivity contribution in [3.63, 3.8) is 0 Å². The van der Waals surface area contributed by atoms with Gasteiger partial charge in [0, 0.05) is 117 Å². The number of hydrogen-bond acceptors (Lipinski definition) is 6. The number of hydrogen-bond donors (Lipinski definition) is 0. The van der Waals surface area contributed by atoms with Gasteiger partial charge in [-0.25, -0.2) is 0 Å². The van der Waals surface area contributed by atoms with Crippen molar-refractivity contribution in [3.05, 3.63) is 469 Å². The Hall–Kier alpha value is -16.0. The molecule has 24 rings (SSSR count). The molecular formula is C121H94N8. The predicted octanol–water partition coefficient (Wildman–Crippen LogP) is 33.4. The van der Waals surface area contributed by atoms with Crippen LogP contribution in [0.15, 0.2) is 425 Å². The van der Waals surface area contributed by atoms with E-state index in [0.717, 1.165) is 68.1 Å². The van der Waals surface area contributed by atoms with Gasteiger partial charge in [0.05, 0.1) is 68.1 Å². The minimum atomic E-state index is -0.271. The van der Waals surface area contributed by atoms with E-state index in [1.165, 1.54) is 160 Å². The lowest BCUT2D eigenvalue weighted by atomic mass is 9.73. The van der Waals surface area contributed by atoms with Crippen molar-refractivity contribution >= 4 is 172 Å². The molecule has 2 aliphatic heterocycles. The molecule has 5 heterocycles. The molecule has 0 aliphatic carbocycles. The molecule has 22 aromatic rings. The minimum Gasteiger partial charge on any atom is -0.311 e. The van der Waals surface area contributed by atoms with Crippen molar-refractivity contribution in [2.24, 2.45) is 0 Å². The summed E-state index contributed by atoms with van der Waals surface area (Å²) in [5.74, 6) is 0. The van der Waals surface area contributed by atoms with Gasteiger partial charge in [-0.2, -0.15) is 0 Å². The lowest BCUT2D eigenvalue weighted by Crippen LogP contribution is -2.31. The Morgan fingerprint density at radius 1 is 0.225 bits per heavy atom. The van der Waals surface area contributed by atoms with E-state index in [1.807, 2.05) is 18.5 Å². The second-order valence-electron chi connectivity index (χ2n) is 35.9. The Balaban J connectivity index is 0.000000150. The van der Waals surface area contributed by atoms with Crippen molar-refractivity contribution in [2.45, 2.75) is 66.2 Å². The summed E-state index contributed by atoms with van der Waals surface area (Å²) in [4.78, 5) is 16.8. The molecule has 8 heteroatoms. The Morgan fingerprint density at radius 2 is 0.620 bits per heavy atom. The van der Waals surface area contributed by atoms with Crippen LogP contribution in [0, 0.1) is 27.7 Å². The Bertz CT molecular complexity index is 7980. The average Bonchev–Trinajstić information content (AvgIpc) is 1.69.